The SMILES string of the molecule is CCc1ccc(NC(=O)c2ccc3c(c2)CCC(=O)N3)cc1. The van der Waals surface area contributed by atoms with Crippen LogP contribution in [0.1, 0.15) is 34.8 Å². The van der Waals surface area contributed by atoms with Crippen LogP contribution in [0.2, 0.25) is 0 Å². The van der Waals surface area contributed by atoms with E-state index >= 15 is 0 Å². The molecular weight excluding hydrogens is 276 g/mol. The van der Waals surface area contributed by atoms with Gasteiger partial charge in [-0.2, -0.15) is 0 Å². The van der Waals surface area contributed by atoms with Gasteiger partial charge in [0.05, 0.1) is 0 Å². The molecule has 1 aliphatic heterocycles. The maximum Gasteiger partial charge on any atom is 0.255 e. The van der Waals surface area contributed by atoms with E-state index < -0.39 is 0 Å². The third-order valence-corrected chi connectivity index (χ3v) is 3.88. The fourth-order valence-electron chi connectivity index (χ4n) is 2.55. The van der Waals surface area contributed by atoms with Crippen LogP contribution < -0.4 is 10.6 Å². The molecule has 1 heterocycles. The Morgan fingerprint density at radius 1 is 1.14 bits per heavy atom. The number of aryl methyl sites for hydroxylation is 2. The van der Waals surface area contributed by atoms with Crippen LogP contribution in [-0.2, 0) is 17.6 Å². The summed E-state index contributed by atoms with van der Waals surface area (Å²) in [5.41, 5.74) is 4.44. The minimum absolute atomic E-state index is 0.0284. The van der Waals surface area contributed by atoms with Crippen molar-refractivity contribution < 1.29 is 9.59 Å². The summed E-state index contributed by atoms with van der Waals surface area (Å²) < 4.78 is 0. The first-order chi connectivity index (χ1) is 10.7. The van der Waals surface area contributed by atoms with Crippen LogP contribution in [-0.4, -0.2) is 11.8 Å². The zero-order chi connectivity index (χ0) is 15.5. The third-order valence-electron chi connectivity index (χ3n) is 3.88. The zero-order valence-electron chi connectivity index (χ0n) is 12.5. The average molecular weight is 294 g/mol. The first-order valence-electron chi connectivity index (χ1n) is 7.49. The highest BCUT2D eigenvalue weighted by Gasteiger charge is 2.16. The van der Waals surface area contributed by atoms with Gasteiger partial charge < -0.3 is 10.6 Å². The number of carbonyl (C=O) groups is 2. The molecule has 0 aromatic heterocycles. The molecule has 4 nitrogen and oxygen atoms in total. The molecule has 2 aromatic carbocycles. The highest BCUT2D eigenvalue weighted by molar-refractivity contribution is 6.05. The number of nitrogens with one attached hydrogen (secondary N) is 2. The van der Waals surface area contributed by atoms with Gasteiger partial charge in [-0.25, -0.2) is 0 Å². The maximum atomic E-state index is 12.3. The second kappa shape index (κ2) is 6.02. The topological polar surface area (TPSA) is 58.2 Å². The number of amides is 2. The van der Waals surface area contributed by atoms with Gasteiger partial charge >= 0.3 is 0 Å². The van der Waals surface area contributed by atoms with E-state index in [9.17, 15) is 9.59 Å². The molecule has 0 fully saturated rings. The molecule has 0 spiro atoms. The van der Waals surface area contributed by atoms with Crippen molar-refractivity contribution in [2.24, 2.45) is 0 Å². The van der Waals surface area contributed by atoms with Crippen molar-refractivity contribution in [3.63, 3.8) is 0 Å². The predicted molar refractivity (Wildman–Crippen MR) is 87.2 cm³/mol. The summed E-state index contributed by atoms with van der Waals surface area (Å²) in [6.07, 6.45) is 2.12. The van der Waals surface area contributed by atoms with E-state index in [4.69, 9.17) is 0 Å². The van der Waals surface area contributed by atoms with E-state index in [0.717, 1.165) is 23.4 Å². The fourth-order valence-corrected chi connectivity index (χ4v) is 2.55. The largest absolute Gasteiger partial charge is 0.326 e. The summed E-state index contributed by atoms with van der Waals surface area (Å²) >= 11 is 0. The lowest BCUT2D eigenvalue weighted by atomic mass is 10.00. The predicted octanol–water partition coefficient (Wildman–Crippen LogP) is 3.39. The lowest BCUT2D eigenvalue weighted by Crippen LogP contribution is -2.20. The quantitative estimate of drug-likeness (QED) is 0.911. The van der Waals surface area contributed by atoms with E-state index in [1.807, 2.05) is 30.3 Å². The van der Waals surface area contributed by atoms with Gasteiger partial charge in [0.2, 0.25) is 5.91 Å². The van der Waals surface area contributed by atoms with E-state index in [-0.39, 0.29) is 11.8 Å². The van der Waals surface area contributed by atoms with Crippen LogP contribution in [0.3, 0.4) is 0 Å². The average Bonchev–Trinajstić information content (AvgIpc) is 2.55. The number of hydrogen-bond donors (Lipinski definition) is 2. The third kappa shape index (κ3) is 3.01. The second-order valence-electron chi connectivity index (χ2n) is 5.42. The standard InChI is InChI=1S/C18H18N2O2/c1-2-12-3-7-15(8-4-12)19-18(22)14-5-9-16-13(11-14)6-10-17(21)20-16/h3-5,7-9,11H,2,6,10H2,1H3,(H,19,22)(H,20,21). The van der Waals surface area contributed by atoms with Crippen molar-refractivity contribution in [1.29, 1.82) is 0 Å². The van der Waals surface area contributed by atoms with Crippen molar-refractivity contribution in [1.82, 2.24) is 0 Å². The van der Waals surface area contributed by atoms with E-state index in [0.29, 0.717) is 18.4 Å². The number of rotatable bonds is 3. The molecule has 4 heteroatoms. The molecule has 0 saturated carbocycles. The van der Waals surface area contributed by atoms with Crippen LogP contribution in [0.5, 0.6) is 0 Å². The van der Waals surface area contributed by atoms with Gasteiger partial charge in [-0.1, -0.05) is 19.1 Å². The Bertz CT molecular complexity index is 720. The second-order valence-corrected chi connectivity index (χ2v) is 5.42. The first-order valence-corrected chi connectivity index (χ1v) is 7.49. The van der Waals surface area contributed by atoms with Gasteiger partial charge in [0, 0.05) is 23.4 Å². The van der Waals surface area contributed by atoms with Crippen LogP contribution in [0.25, 0.3) is 0 Å². The molecule has 0 radical (unpaired) electrons. The highest BCUT2D eigenvalue weighted by Crippen LogP contribution is 2.24. The van der Waals surface area contributed by atoms with Gasteiger partial charge in [-0.15, -0.1) is 0 Å². The molecule has 22 heavy (non-hydrogen) atoms. The lowest BCUT2D eigenvalue weighted by molar-refractivity contribution is -0.116. The summed E-state index contributed by atoms with van der Waals surface area (Å²) in [4.78, 5) is 23.7. The van der Waals surface area contributed by atoms with Gasteiger partial charge in [-0.3, -0.25) is 9.59 Å². The molecule has 112 valence electrons. The summed E-state index contributed by atoms with van der Waals surface area (Å²) in [7, 11) is 0. The number of carbonyl (C=O) groups excluding carboxylic acids is 2. The Kier molecular flexibility index (Phi) is 3.92. The molecular formula is C18H18N2O2. The Morgan fingerprint density at radius 3 is 2.64 bits per heavy atom. The van der Waals surface area contributed by atoms with Gasteiger partial charge in [0.15, 0.2) is 0 Å². The molecule has 0 unspecified atom stereocenters. The van der Waals surface area contributed by atoms with E-state index in [1.54, 1.807) is 12.1 Å². The number of hydrogen-bond acceptors (Lipinski definition) is 2. The van der Waals surface area contributed by atoms with Crippen LogP contribution in [0.4, 0.5) is 11.4 Å². The zero-order valence-corrected chi connectivity index (χ0v) is 12.5. The molecule has 0 saturated heterocycles. The molecule has 2 aromatic rings. The number of anilines is 2. The van der Waals surface area contributed by atoms with Crippen molar-refractivity contribution in [2.75, 3.05) is 10.6 Å². The molecule has 2 amide bonds. The molecule has 0 bridgehead atoms. The van der Waals surface area contributed by atoms with Crippen molar-refractivity contribution in [3.8, 4) is 0 Å². The minimum Gasteiger partial charge on any atom is -0.326 e. The first kappa shape index (κ1) is 14.3. The molecule has 3 rings (SSSR count). The lowest BCUT2D eigenvalue weighted by Gasteiger charge is -2.17. The Hall–Kier alpha value is -2.62. The summed E-state index contributed by atoms with van der Waals surface area (Å²) in [6.45, 7) is 2.10. The number of fused-ring (bicyclic) bond motifs is 1. The Morgan fingerprint density at radius 2 is 1.91 bits per heavy atom. The Balaban J connectivity index is 1.76. The Labute approximate surface area is 129 Å². The molecule has 1 aliphatic rings. The van der Waals surface area contributed by atoms with Crippen molar-refractivity contribution in [3.05, 3.63) is 59.2 Å². The van der Waals surface area contributed by atoms with Crippen LogP contribution in [0, 0.1) is 0 Å². The van der Waals surface area contributed by atoms with Crippen LogP contribution in [0.15, 0.2) is 42.5 Å². The summed E-state index contributed by atoms with van der Waals surface area (Å²) in [5.74, 6) is -0.107. The maximum absolute atomic E-state index is 12.3. The summed E-state index contributed by atoms with van der Waals surface area (Å²) in [5, 5.41) is 5.72. The van der Waals surface area contributed by atoms with Gasteiger partial charge in [0.25, 0.3) is 5.91 Å². The monoisotopic (exact) mass is 294 g/mol. The normalized spacial score (nSPS) is 13.2. The van der Waals surface area contributed by atoms with Gasteiger partial charge in [-0.05, 0) is 54.3 Å². The molecule has 2 N–H and O–H groups in total. The smallest absolute Gasteiger partial charge is 0.255 e. The summed E-state index contributed by atoms with van der Waals surface area (Å²) in [6, 6.07) is 13.2. The van der Waals surface area contributed by atoms with Crippen LogP contribution >= 0.6 is 0 Å². The highest BCUT2D eigenvalue weighted by atomic mass is 16.2. The van der Waals surface area contributed by atoms with Crippen molar-refractivity contribution >= 4 is 23.2 Å². The number of benzene rings is 2. The molecule has 0 atom stereocenters. The van der Waals surface area contributed by atoms with E-state index in [2.05, 4.69) is 17.6 Å². The van der Waals surface area contributed by atoms with Gasteiger partial charge in [0.1, 0.15) is 0 Å². The fraction of sp³-hybridized carbons (Fsp3) is 0.222. The minimum atomic E-state index is -0.135. The molecule has 0 aliphatic carbocycles. The van der Waals surface area contributed by atoms with Crippen molar-refractivity contribution in [2.45, 2.75) is 26.2 Å². The van der Waals surface area contributed by atoms with E-state index in [1.165, 1.54) is 5.56 Å².